The molecule has 24 heavy (non-hydrogen) atoms. The Hall–Kier alpha value is -1.65. The quantitative estimate of drug-likeness (QED) is 0.793. The van der Waals surface area contributed by atoms with E-state index in [1.165, 1.54) is 5.56 Å². The smallest absolute Gasteiger partial charge is 0.399 e. The van der Waals surface area contributed by atoms with E-state index in [1.54, 1.807) is 6.07 Å². The van der Waals surface area contributed by atoms with Crippen LogP contribution in [0.3, 0.4) is 0 Å². The molecule has 1 heterocycles. The van der Waals surface area contributed by atoms with E-state index in [-0.39, 0.29) is 5.82 Å². The summed E-state index contributed by atoms with van der Waals surface area (Å²) in [5.74, 6) is -0.216. The third-order valence-electron chi connectivity index (χ3n) is 5.14. The second-order valence-corrected chi connectivity index (χ2v) is 7.39. The number of aryl methyl sites for hydroxylation is 2. The molecule has 0 aliphatic carbocycles. The van der Waals surface area contributed by atoms with Crippen LogP contribution in [0.5, 0.6) is 0 Å². The van der Waals surface area contributed by atoms with Crippen LogP contribution >= 0.6 is 0 Å². The van der Waals surface area contributed by atoms with Gasteiger partial charge in [0.25, 0.3) is 0 Å². The third kappa shape index (κ3) is 3.26. The van der Waals surface area contributed by atoms with E-state index in [0.29, 0.717) is 17.4 Å². The van der Waals surface area contributed by atoms with Crippen LogP contribution in [0.25, 0.3) is 0 Å². The maximum atomic E-state index is 15.0. The van der Waals surface area contributed by atoms with Gasteiger partial charge in [-0.3, -0.25) is 0 Å². The van der Waals surface area contributed by atoms with Gasteiger partial charge in [-0.1, -0.05) is 48.5 Å². The van der Waals surface area contributed by atoms with E-state index in [4.69, 9.17) is 9.31 Å². The first-order chi connectivity index (χ1) is 11.3. The predicted octanol–water partition coefficient (Wildman–Crippen LogP) is 3.91. The summed E-state index contributed by atoms with van der Waals surface area (Å²) in [7, 11) is -0.660. The standard InChI is InChI=1S/C20H24BFO2/c1-19(2)20(3,4)24-21(23-19)17-12-8-11-16(18(17)22)14-13-15-9-6-5-7-10-15/h5-12H,13-14H2,1-4H3. The van der Waals surface area contributed by atoms with Crippen molar-refractivity contribution in [2.75, 3.05) is 0 Å². The summed E-state index contributed by atoms with van der Waals surface area (Å²) in [5.41, 5.74) is 1.46. The molecule has 0 amide bonds. The number of hydrogen-bond acceptors (Lipinski definition) is 2. The summed E-state index contributed by atoms with van der Waals surface area (Å²) in [4.78, 5) is 0. The normalized spacial score (nSPS) is 18.8. The largest absolute Gasteiger partial charge is 0.497 e. The maximum Gasteiger partial charge on any atom is 0.497 e. The molecular weight excluding hydrogens is 302 g/mol. The van der Waals surface area contributed by atoms with Crippen LogP contribution in [0.15, 0.2) is 48.5 Å². The zero-order valence-electron chi connectivity index (χ0n) is 14.8. The highest BCUT2D eigenvalue weighted by atomic mass is 19.1. The highest BCUT2D eigenvalue weighted by Crippen LogP contribution is 2.36. The SMILES string of the molecule is CC1(C)OB(c2cccc(CCc3ccccc3)c2F)OC1(C)C. The lowest BCUT2D eigenvalue weighted by atomic mass is 9.77. The van der Waals surface area contributed by atoms with Crippen LogP contribution < -0.4 is 5.46 Å². The first-order valence-electron chi connectivity index (χ1n) is 8.47. The van der Waals surface area contributed by atoms with E-state index in [1.807, 2.05) is 58.0 Å². The van der Waals surface area contributed by atoms with Crippen LogP contribution in [-0.2, 0) is 22.2 Å². The molecule has 0 saturated carbocycles. The van der Waals surface area contributed by atoms with Crippen molar-refractivity contribution in [2.45, 2.75) is 51.7 Å². The highest BCUT2D eigenvalue weighted by Gasteiger charge is 2.52. The molecule has 1 aliphatic rings. The van der Waals surface area contributed by atoms with Gasteiger partial charge in [-0.25, -0.2) is 4.39 Å². The minimum absolute atomic E-state index is 0.216. The molecular formula is C20H24BFO2. The third-order valence-corrected chi connectivity index (χ3v) is 5.14. The Morgan fingerprint density at radius 1 is 0.833 bits per heavy atom. The zero-order valence-corrected chi connectivity index (χ0v) is 14.8. The first-order valence-corrected chi connectivity index (χ1v) is 8.47. The topological polar surface area (TPSA) is 18.5 Å². The zero-order chi connectivity index (χ0) is 17.4. The van der Waals surface area contributed by atoms with Gasteiger partial charge in [0.2, 0.25) is 0 Å². The molecule has 2 aromatic carbocycles. The molecule has 0 bridgehead atoms. The van der Waals surface area contributed by atoms with Gasteiger partial charge in [-0.05, 0) is 51.7 Å². The Morgan fingerprint density at radius 3 is 2.08 bits per heavy atom. The van der Waals surface area contributed by atoms with Crippen molar-refractivity contribution in [1.82, 2.24) is 0 Å². The van der Waals surface area contributed by atoms with Crippen LogP contribution in [0.4, 0.5) is 4.39 Å². The Morgan fingerprint density at radius 2 is 1.46 bits per heavy atom. The second-order valence-electron chi connectivity index (χ2n) is 7.39. The molecule has 0 N–H and O–H groups in total. The van der Waals surface area contributed by atoms with E-state index < -0.39 is 18.3 Å². The molecule has 0 unspecified atom stereocenters. The minimum Gasteiger partial charge on any atom is -0.399 e. The van der Waals surface area contributed by atoms with Gasteiger partial charge in [0, 0.05) is 5.46 Å². The van der Waals surface area contributed by atoms with Crippen molar-refractivity contribution in [2.24, 2.45) is 0 Å². The van der Waals surface area contributed by atoms with E-state index in [0.717, 1.165) is 6.42 Å². The molecule has 0 radical (unpaired) electrons. The maximum absolute atomic E-state index is 15.0. The number of benzene rings is 2. The van der Waals surface area contributed by atoms with Crippen LogP contribution in [0.1, 0.15) is 38.8 Å². The van der Waals surface area contributed by atoms with E-state index >= 15 is 0 Å². The van der Waals surface area contributed by atoms with Crippen molar-refractivity contribution in [1.29, 1.82) is 0 Å². The number of rotatable bonds is 4. The molecule has 0 aromatic heterocycles. The Kier molecular flexibility index (Phi) is 4.54. The summed E-state index contributed by atoms with van der Waals surface area (Å²) in [5, 5.41) is 0. The minimum atomic E-state index is -0.660. The second kappa shape index (κ2) is 6.34. The molecule has 0 spiro atoms. The summed E-state index contributed by atoms with van der Waals surface area (Å²) >= 11 is 0. The van der Waals surface area contributed by atoms with Crippen molar-refractivity contribution >= 4 is 12.6 Å². The highest BCUT2D eigenvalue weighted by molar-refractivity contribution is 6.62. The average molecular weight is 326 g/mol. The Balaban J connectivity index is 1.79. The fraction of sp³-hybridized carbons (Fsp3) is 0.400. The summed E-state index contributed by atoms with van der Waals surface area (Å²) in [6, 6.07) is 15.6. The van der Waals surface area contributed by atoms with Crippen LogP contribution in [0.2, 0.25) is 0 Å². The molecule has 2 nitrogen and oxygen atoms in total. The lowest BCUT2D eigenvalue weighted by Crippen LogP contribution is -2.41. The molecule has 1 saturated heterocycles. The van der Waals surface area contributed by atoms with Gasteiger partial charge in [0.15, 0.2) is 0 Å². The molecule has 126 valence electrons. The van der Waals surface area contributed by atoms with Crippen molar-refractivity contribution < 1.29 is 13.7 Å². The summed E-state index contributed by atoms with van der Waals surface area (Å²) in [6.45, 7) is 7.91. The lowest BCUT2D eigenvalue weighted by Gasteiger charge is -2.32. The molecule has 1 fully saturated rings. The fourth-order valence-corrected chi connectivity index (χ4v) is 2.87. The van der Waals surface area contributed by atoms with Gasteiger partial charge < -0.3 is 9.31 Å². The Labute approximate surface area is 144 Å². The van der Waals surface area contributed by atoms with Gasteiger partial charge in [-0.2, -0.15) is 0 Å². The van der Waals surface area contributed by atoms with Crippen LogP contribution in [-0.4, -0.2) is 18.3 Å². The molecule has 3 rings (SSSR count). The first kappa shape index (κ1) is 17.2. The van der Waals surface area contributed by atoms with E-state index in [2.05, 4.69) is 12.1 Å². The van der Waals surface area contributed by atoms with Crippen LogP contribution in [0, 0.1) is 5.82 Å². The van der Waals surface area contributed by atoms with Gasteiger partial charge >= 0.3 is 7.12 Å². The predicted molar refractivity (Wildman–Crippen MR) is 96.0 cm³/mol. The molecule has 2 aromatic rings. The van der Waals surface area contributed by atoms with E-state index in [9.17, 15) is 4.39 Å². The van der Waals surface area contributed by atoms with Gasteiger partial charge in [0.1, 0.15) is 5.82 Å². The Bertz CT molecular complexity index is 697. The van der Waals surface area contributed by atoms with Crippen molar-refractivity contribution in [3.05, 3.63) is 65.5 Å². The summed E-state index contributed by atoms with van der Waals surface area (Å²) in [6.07, 6.45) is 1.47. The van der Waals surface area contributed by atoms with Crippen molar-refractivity contribution in [3.8, 4) is 0 Å². The average Bonchev–Trinajstić information content (AvgIpc) is 2.75. The van der Waals surface area contributed by atoms with Gasteiger partial charge in [-0.15, -0.1) is 0 Å². The number of halogens is 1. The lowest BCUT2D eigenvalue weighted by molar-refractivity contribution is 0.00578. The monoisotopic (exact) mass is 326 g/mol. The fourth-order valence-electron chi connectivity index (χ4n) is 2.87. The van der Waals surface area contributed by atoms with Crippen molar-refractivity contribution in [3.63, 3.8) is 0 Å². The molecule has 1 aliphatic heterocycles. The molecule has 0 atom stereocenters. The van der Waals surface area contributed by atoms with Gasteiger partial charge in [0.05, 0.1) is 11.2 Å². The molecule has 4 heteroatoms. The summed E-state index contributed by atoms with van der Waals surface area (Å²) < 4.78 is 26.9. The number of hydrogen-bond donors (Lipinski definition) is 0.